The maximum Gasteiger partial charge on any atom is 0.293 e. The van der Waals surface area contributed by atoms with Crippen molar-refractivity contribution in [1.29, 1.82) is 0 Å². The van der Waals surface area contributed by atoms with E-state index in [1.807, 2.05) is 24.3 Å². The van der Waals surface area contributed by atoms with Crippen LogP contribution < -0.4 is 11.1 Å². The average Bonchev–Trinajstić information content (AvgIpc) is 2.76. The Morgan fingerprint density at radius 3 is 2.50 bits per heavy atom. The second-order valence-electron chi connectivity index (χ2n) is 4.27. The van der Waals surface area contributed by atoms with Gasteiger partial charge in [-0.1, -0.05) is 26.0 Å². The second-order valence-corrected chi connectivity index (χ2v) is 4.27. The van der Waals surface area contributed by atoms with Gasteiger partial charge < -0.3 is 11.1 Å². The Bertz CT molecular complexity index is 544. The molecule has 0 atom stereocenters. The molecule has 6 heteroatoms. The molecule has 2 aromatic rings. The summed E-state index contributed by atoms with van der Waals surface area (Å²) in [5, 5.41) is 8.76. The Balaban J connectivity index is 2.07. The van der Waals surface area contributed by atoms with Gasteiger partial charge in [0.05, 0.1) is 0 Å². The Labute approximate surface area is 105 Å². The molecule has 0 aliphatic carbocycles. The number of aromatic amines is 1. The molecule has 2 rings (SSSR count). The topological polar surface area (TPSA) is 96.7 Å². The van der Waals surface area contributed by atoms with Crippen LogP contribution in [0.4, 0.5) is 11.6 Å². The highest BCUT2D eigenvalue weighted by molar-refractivity contribution is 6.01. The third-order valence-corrected chi connectivity index (χ3v) is 2.55. The fourth-order valence-corrected chi connectivity index (χ4v) is 1.52. The zero-order valence-electron chi connectivity index (χ0n) is 10.3. The van der Waals surface area contributed by atoms with Crippen LogP contribution in [0.15, 0.2) is 24.3 Å². The van der Waals surface area contributed by atoms with Crippen molar-refractivity contribution in [2.45, 2.75) is 19.8 Å². The zero-order chi connectivity index (χ0) is 13.1. The van der Waals surface area contributed by atoms with Crippen molar-refractivity contribution in [2.24, 2.45) is 0 Å². The summed E-state index contributed by atoms with van der Waals surface area (Å²) in [6, 6.07) is 7.67. The third-order valence-electron chi connectivity index (χ3n) is 2.55. The molecule has 0 spiro atoms. The monoisotopic (exact) mass is 245 g/mol. The number of aromatic nitrogens is 3. The van der Waals surface area contributed by atoms with Crippen LogP contribution in [0, 0.1) is 0 Å². The highest BCUT2D eigenvalue weighted by Crippen LogP contribution is 2.17. The van der Waals surface area contributed by atoms with Gasteiger partial charge in [0.15, 0.2) is 0 Å². The van der Waals surface area contributed by atoms with E-state index in [9.17, 15) is 4.79 Å². The molecule has 18 heavy (non-hydrogen) atoms. The number of hydrogen-bond donors (Lipinski definition) is 3. The zero-order valence-corrected chi connectivity index (χ0v) is 10.3. The number of carbonyl (C=O) groups excluding carboxylic acids is 1. The van der Waals surface area contributed by atoms with Gasteiger partial charge in [0.1, 0.15) is 0 Å². The molecule has 1 aromatic carbocycles. The molecule has 4 N–H and O–H groups in total. The molecule has 1 heterocycles. The largest absolute Gasteiger partial charge is 0.366 e. The predicted molar refractivity (Wildman–Crippen MR) is 69.3 cm³/mol. The molecular weight excluding hydrogens is 230 g/mol. The molecular formula is C12H15N5O. The standard InChI is InChI=1S/C12H15N5O/c1-7(2)8-3-5-9(6-4-8)14-11(18)10-15-12(13)17-16-10/h3-7H,1-2H3,(H,14,18)(H3,13,15,16,17). The van der Waals surface area contributed by atoms with Crippen molar-refractivity contribution >= 4 is 17.5 Å². The Morgan fingerprint density at radius 2 is 2.00 bits per heavy atom. The minimum absolute atomic E-state index is 0.0512. The molecule has 94 valence electrons. The quantitative estimate of drug-likeness (QED) is 0.767. The molecule has 0 saturated heterocycles. The van der Waals surface area contributed by atoms with Crippen LogP contribution in [0.2, 0.25) is 0 Å². The van der Waals surface area contributed by atoms with E-state index in [1.165, 1.54) is 5.56 Å². The summed E-state index contributed by atoms with van der Waals surface area (Å²) in [4.78, 5) is 15.5. The molecule has 6 nitrogen and oxygen atoms in total. The van der Waals surface area contributed by atoms with E-state index in [-0.39, 0.29) is 17.7 Å². The molecule has 0 radical (unpaired) electrons. The normalized spacial score (nSPS) is 10.6. The Morgan fingerprint density at radius 1 is 1.33 bits per heavy atom. The van der Waals surface area contributed by atoms with Crippen LogP contribution in [0.5, 0.6) is 0 Å². The number of anilines is 2. The van der Waals surface area contributed by atoms with Gasteiger partial charge in [0.25, 0.3) is 5.91 Å². The van der Waals surface area contributed by atoms with Crippen LogP contribution in [0.25, 0.3) is 0 Å². The highest BCUT2D eigenvalue weighted by Gasteiger charge is 2.10. The van der Waals surface area contributed by atoms with E-state index in [0.717, 1.165) is 0 Å². The Hall–Kier alpha value is -2.37. The minimum atomic E-state index is -0.364. The van der Waals surface area contributed by atoms with Crippen LogP contribution in [-0.2, 0) is 0 Å². The second kappa shape index (κ2) is 4.87. The molecule has 0 aliphatic rings. The SMILES string of the molecule is CC(C)c1ccc(NC(=O)c2nc(N)n[nH]2)cc1. The lowest BCUT2D eigenvalue weighted by Gasteiger charge is -2.07. The van der Waals surface area contributed by atoms with Crippen molar-refractivity contribution in [3.63, 3.8) is 0 Å². The van der Waals surface area contributed by atoms with E-state index in [2.05, 4.69) is 34.3 Å². The number of hydrogen-bond acceptors (Lipinski definition) is 4. The van der Waals surface area contributed by atoms with E-state index in [1.54, 1.807) is 0 Å². The van der Waals surface area contributed by atoms with Crippen LogP contribution in [-0.4, -0.2) is 21.1 Å². The van der Waals surface area contributed by atoms with Crippen molar-refractivity contribution in [3.05, 3.63) is 35.7 Å². The number of nitrogens with two attached hydrogens (primary N) is 1. The summed E-state index contributed by atoms with van der Waals surface area (Å²) in [6.45, 7) is 4.23. The summed E-state index contributed by atoms with van der Waals surface area (Å²) in [6.07, 6.45) is 0. The number of nitrogens with zero attached hydrogens (tertiary/aromatic N) is 2. The maximum absolute atomic E-state index is 11.7. The summed E-state index contributed by atoms with van der Waals surface area (Å²) in [5.41, 5.74) is 7.26. The van der Waals surface area contributed by atoms with Gasteiger partial charge in [-0.25, -0.2) is 0 Å². The number of carbonyl (C=O) groups is 1. The molecule has 0 fully saturated rings. The first-order valence-corrected chi connectivity index (χ1v) is 5.65. The summed E-state index contributed by atoms with van der Waals surface area (Å²) in [7, 11) is 0. The van der Waals surface area contributed by atoms with Crippen molar-refractivity contribution < 1.29 is 4.79 Å². The lowest BCUT2D eigenvalue weighted by Crippen LogP contribution is -2.13. The van der Waals surface area contributed by atoms with E-state index < -0.39 is 0 Å². The van der Waals surface area contributed by atoms with Gasteiger partial charge >= 0.3 is 0 Å². The van der Waals surface area contributed by atoms with Gasteiger partial charge in [-0.3, -0.25) is 9.89 Å². The summed E-state index contributed by atoms with van der Waals surface area (Å²) >= 11 is 0. The van der Waals surface area contributed by atoms with Crippen molar-refractivity contribution in [1.82, 2.24) is 15.2 Å². The van der Waals surface area contributed by atoms with Crippen molar-refractivity contribution in [3.8, 4) is 0 Å². The number of amides is 1. The number of nitrogens with one attached hydrogen (secondary N) is 2. The van der Waals surface area contributed by atoms with Crippen molar-refractivity contribution in [2.75, 3.05) is 11.1 Å². The van der Waals surface area contributed by atoms with E-state index in [4.69, 9.17) is 5.73 Å². The third kappa shape index (κ3) is 2.65. The molecule has 0 bridgehead atoms. The minimum Gasteiger partial charge on any atom is -0.366 e. The van der Waals surface area contributed by atoms with Gasteiger partial charge in [0, 0.05) is 5.69 Å². The lowest BCUT2D eigenvalue weighted by atomic mass is 10.0. The first kappa shape index (κ1) is 12.1. The van der Waals surface area contributed by atoms with Gasteiger partial charge in [-0.15, -0.1) is 5.10 Å². The van der Waals surface area contributed by atoms with Gasteiger partial charge in [-0.2, -0.15) is 4.98 Å². The molecule has 1 amide bonds. The number of rotatable bonds is 3. The molecule has 0 saturated carbocycles. The summed E-state index contributed by atoms with van der Waals surface area (Å²) in [5.74, 6) is 0.246. The fraction of sp³-hybridized carbons (Fsp3) is 0.250. The van der Waals surface area contributed by atoms with E-state index >= 15 is 0 Å². The van der Waals surface area contributed by atoms with Crippen LogP contribution in [0.1, 0.15) is 35.9 Å². The lowest BCUT2D eigenvalue weighted by molar-refractivity contribution is 0.101. The fourth-order valence-electron chi connectivity index (χ4n) is 1.52. The van der Waals surface area contributed by atoms with E-state index in [0.29, 0.717) is 11.6 Å². The molecule has 0 aliphatic heterocycles. The molecule has 1 aromatic heterocycles. The maximum atomic E-state index is 11.7. The summed E-state index contributed by atoms with van der Waals surface area (Å²) < 4.78 is 0. The first-order chi connectivity index (χ1) is 8.56. The predicted octanol–water partition coefficient (Wildman–Crippen LogP) is 1.76. The van der Waals surface area contributed by atoms with Gasteiger partial charge in [-0.05, 0) is 23.6 Å². The highest BCUT2D eigenvalue weighted by atomic mass is 16.2. The number of H-pyrrole nitrogens is 1. The Kier molecular flexibility index (Phi) is 3.27. The average molecular weight is 245 g/mol. The van der Waals surface area contributed by atoms with Gasteiger partial charge in [0.2, 0.25) is 11.8 Å². The first-order valence-electron chi connectivity index (χ1n) is 5.65. The van der Waals surface area contributed by atoms with Crippen LogP contribution in [0.3, 0.4) is 0 Å². The number of nitrogen functional groups attached to an aromatic ring is 1. The van der Waals surface area contributed by atoms with Crippen LogP contribution >= 0.6 is 0 Å². The molecule has 0 unspecified atom stereocenters. The smallest absolute Gasteiger partial charge is 0.293 e. The number of benzene rings is 1.